The second kappa shape index (κ2) is 14.4. The highest BCUT2D eigenvalue weighted by molar-refractivity contribution is 5.83. The minimum Gasteiger partial charge on any atom is -0.493 e. The van der Waals surface area contributed by atoms with Gasteiger partial charge in [0.15, 0.2) is 0 Å². The molecule has 0 aliphatic heterocycles. The van der Waals surface area contributed by atoms with E-state index in [1.54, 1.807) is 0 Å². The standard InChI is InChI=1S/C29H42N2O3/c1-6-11-22(4)20-34-26-16-14-25(15-17-26)27(19-30-28(32)18-21(3)7-2)31-29(33)23(5)24-12-9-8-10-13-24/h8-10,12-17,21-23,27H,6-7,11,18-20H2,1-5H3,(H,30,32)(H,31,33)/t21-,22?,23-,27-/m0/s1. The minimum atomic E-state index is -0.326. The van der Waals surface area contributed by atoms with Crippen molar-refractivity contribution in [2.75, 3.05) is 13.2 Å². The summed E-state index contributed by atoms with van der Waals surface area (Å²) in [6.07, 6.45) is 3.73. The molecule has 2 aromatic rings. The SMILES string of the molecule is CCCC(C)COc1ccc([C@H](CNC(=O)C[C@@H](C)CC)NC(=O)[C@@H](C)c2ccccc2)cc1. The zero-order valence-electron chi connectivity index (χ0n) is 21.5. The Morgan fingerprint density at radius 1 is 0.882 bits per heavy atom. The monoisotopic (exact) mass is 466 g/mol. The van der Waals surface area contributed by atoms with Crippen LogP contribution in [0.2, 0.25) is 0 Å². The van der Waals surface area contributed by atoms with Crippen LogP contribution in [0.1, 0.15) is 83.4 Å². The quantitative estimate of drug-likeness (QED) is 0.358. The second-order valence-corrected chi connectivity index (χ2v) is 9.49. The minimum absolute atomic E-state index is 0.00886. The number of carbonyl (C=O) groups excluding carboxylic acids is 2. The number of hydrogen-bond acceptors (Lipinski definition) is 3. The van der Waals surface area contributed by atoms with E-state index in [1.807, 2.05) is 61.5 Å². The van der Waals surface area contributed by atoms with Gasteiger partial charge >= 0.3 is 0 Å². The van der Waals surface area contributed by atoms with Gasteiger partial charge in [0.25, 0.3) is 0 Å². The summed E-state index contributed by atoms with van der Waals surface area (Å²) in [4.78, 5) is 25.5. The molecular formula is C29H42N2O3. The molecule has 34 heavy (non-hydrogen) atoms. The van der Waals surface area contributed by atoms with Gasteiger partial charge in [-0.1, -0.05) is 83.0 Å². The molecule has 2 amide bonds. The van der Waals surface area contributed by atoms with Crippen molar-refractivity contribution in [3.05, 3.63) is 65.7 Å². The maximum absolute atomic E-state index is 13.1. The van der Waals surface area contributed by atoms with Crippen molar-refractivity contribution in [3.8, 4) is 5.75 Å². The largest absolute Gasteiger partial charge is 0.493 e. The van der Waals surface area contributed by atoms with Crippen LogP contribution in [0.15, 0.2) is 54.6 Å². The lowest BCUT2D eigenvalue weighted by Gasteiger charge is -2.23. The van der Waals surface area contributed by atoms with Gasteiger partial charge < -0.3 is 15.4 Å². The summed E-state index contributed by atoms with van der Waals surface area (Å²) in [5, 5.41) is 6.16. The second-order valence-electron chi connectivity index (χ2n) is 9.49. The molecule has 2 rings (SSSR count). The van der Waals surface area contributed by atoms with Gasteiger partial charge in [-0.25, -0.2) is 0 Å². The number of carbonyl (C=O) groups is 2. The number of ether oxygens (including phenoxy) is 1. The number of hydrogen-bond donors (Lipinski definition) is 2. The van der Waals surface area contributed by atoms with E-state index >= 15 is 0 Å². The molecule has 0 saturated carbocycles. The van der Waals surface area contributed by atoms with Crippen LogP contribution < -0.4 is 15.4 Å². The topological polar surface area (TPSA) is 67.4 Å². The van der Waals surface area contributed by atoms with Gasteiger partial charge in [0.05, 0.1) is 18.6 Å². The fraction of sp³-hybridized carbons (Fsp3) is 0.517. The summed E-state index contributed by atoms with van der Waals surface area (Å²) < 4.78 is 5.93. The van der Waals surface area contributed by atoms with E-state index in [1.165, 1.54) is 0 Å². The zero-order valence-corrected chi connectivity index (χ0v) is 21.5. The molecule has 1 unspecified atom stereocenters. The predicted octanol–water partition coefficient (Wildman–Crippen LogP) is 6.02. The molecule has 5 nitrogen and oxygen atoms in total. The fourth-order valence-corrected chi connectivity index (χ4v) is 3.80. The molecule has 2 aromatic carbocycles. The molecule has 0 heterocycles. The van der Waals surface area contributed by atoms with Crippen LogP contribution in [0.25, 0.3) is 0 Å². The average Bonchev–Trinajstić information content (AvgIpc) is 2.85. The molecular weight excluding hydrogens is 424 g/mol. The van der Waals surface area contributed by atoms with Gasteiger partial charge in [-0.15, -0.1) is 0 Å². The van der Waals surface area contributed by atoms with Crippen LogP contribution in [0.5, 0.6) is 5.75 Å². The lowest BCUT2D eigenvalue weighted by molar-refractivity contribution is -0.124. The van der Waals surface area contributed by atoms with Gasteiger partial charge in [0.2, 0.25) is 11.8 Å². The molecule has 4 atom stereocenters. The van der Waals surface area contributed by atoms with Crippen molar-refractivity contribution in [1.29, 1.82) is 0 Å². The Morgan fingerprint density at radius 2 is 1.56 bits per heavy atom. The van der Waals surface area contributed by atoms with Crippen molar-refractivity contribution in [3.63, 3.8) is 0 Å². The molecule has 0 aliphatic rings. The molecule has 0 spiro atoms. The van der Waals surface area contributed by atoms with E-state index in [4.69, 9.17) is 4.74 Å². The first-order valence-corrected chi connectivity index (χ1v) is 12.7. The van der Waals surface area contributed by atoms with Crippen LogP contribution >= 0.6 is 0 Å². The number of nitrogens with one attached hydrogen (secondary N) is 2. The lowest BCUT2D eigenvalue weighted by Crippen LogP contribution is -2.39. The smallest absolute Gasteiger partial charge is 0.227 e. The highest BCUT2D eigenvalue weighted by Crippen LogP contribution is 2.21. The van der Waals surface area contributed by atoms with Gasteiger partial charge in [-0.3, -0.25) is 9.59 Å². The Kier molecular flexibility index (Phi) is 11.7. The Labute approximate surface area is 205 Å². The Balaban J connectivity index is 2.09. The molecule has 2 N–H and O–H groups in total. The lowest BCUT2D eigenvalue weighted by atomic mass is 9.99. The van der Waals surface area contributed by atoms with Crippen LogP contribution in [0.3, 0.4) is 0 Å². The Bertz CT molecular complexity index is 867. The third-order valence-corrected chi connectivity index (χ3v) is 6.34. The first kappa shape index (κ1) is 27.4. The Morgan fingerprint density at radius 3 is 2.18 bits per heavy atom. The summed E-state index contributed by atoms with van der Waals surface area (Å²) in [6.45, 7) is 11.5. The predicted molar refractivity (Wildman–Crippen MR) is 139 cm³/mol. The van der Waals surface area contributed by atoms with E-state index in [0.717, 1.165) is 36.1 Å². The summed E-state index contributed by atoms with van der Waals surface area (Å²) >= 11 is 0. The van der Waals surface area contributed by atoms with Crippen LogP contribution in [0.4, 0.5) is 0 Å². The summed E-state index contributed by atoms with van der Waals surface area (Å²) in [5.41, 5.74) is 1.90. The maximum atomic E-state index is 13.1. The molecule has 0 fully saturated rings. The van der Waals surface area contributed by atoms with Gasteiger partial charge in [0.1, 0.15) is 5.75 Å². The molecule has 0 saturated heterocycles. The summed E-state index contributed by atoms with van der Waals surface area (Å²) in [7, 11) is 0. The van der Waals surface area contributed by atoms with Crippen molar-refractivity contribution >= 4 is 11.8 Å². The highest BCUT2D eigenvalue weighted by Gasteiger charge is 2.21. The summed E-state index contributed by atoms with van der Waals surface area (Å²) in [5.74, 6) is 1.31. The van der Waals surface area contributed by atoms with E-state index in [-0.39, 0.29) is 23.8 Å². The molecule has 186 valence electrons. The Hall–Kier alpha value is -2.82. The normalized spacial score (nSPS) is 14.5. The van der Waals surface area contributed by atoms with Crippen LogP contribution in [0, 0.1) is 11.8 Å². The third-order valence-electron chi connectivity index (χ3n) is 6.34. The third kappa shape index (κ3) is 9.20. The summed E-state index contributed by atoms with van der Waals surface area (Å²) in [6, 6.07) is 17.2. The van der Waals surface area contributed by atoms with Crippen molar-refractivity contribution in [1.82, 2.24) is 10.6 Å². The molecule has 0 radical (unpaired) electrons. The number of amides is 2. The molecule has 0 aliphatic carbocycles. The van der Waals surface area contributed by atoms with E-state index < -0.39 is 0 Å². The van der Waals surface area contributed by atoms with Gasteiger partial charge in [-0.05, 0) is 48.4 Å². The highest BCUT2D eigenvalue weighted by atomic mass is 16.5. The van der Waals surface area contributed by atoms with Crippen molar-refractivity contribution in [2.24, 2.45) is 11.8 Å². The van der Waals surface area contributed by atoms with E-state index in [0.29, 0.717) is 31.4 Å². The van der Waals surface area contributed by atoms with Crippen molar-refractivity contribution in [2.45, 2.75) is 72.3 Å². The maximum Gasteiger partial charge on any atom is 0.227 e. The van der Waals surface area contributed by atoms with E-state index in [9.17, 15) is 9.59 Å². The van der Waals surface area contributed by atoms with Crippen LogP contribution in [-0.4, -0.2) is 25.0 Å². The first-order chi connectivity index (χ1) is 16.3. The van der Waals surface area contributed by atoms with Gasteiger partial charge in [-0.2, -0.15) is 0 Å². The molecule has 5 heteroatoms. The first-order valence-electron chi connectivity index (χ1n) is 12.7. The van der Waals surface area contributed by atoms with E-state index in [2.05, 4.69) is 38.3 Å². The molecule has 0 aromatic heterocycles. The fourth-order valence-electron chi connectivity index (χ4n) is 3.80. The zero-order chi connectivity index (χ0) is 24.9. The number of rotatable bonds is 14. The van der Waals surface area contributed by atoms with Crippen LogP contribution in [-0.2, 0) is 9.59 Å². The van der Waals surface area contributed by atoms with Crippen molar-refractivity contribution < 1.29 is 14.3 Å². The number of benzene rings is 2. The average molecular weight is 467 g/mol. The molecule has 0 bridgehead atoms. The van der Waals surface area contributed by atoms with Gasteiger partial charge in [0, 0.05) is 13.0 Å².